The fraction of sp³-hybridized carbons (Fsp3) is 0.545. The van der Waals surface area contributed by atoms with E-state index in [1.54, 1.807) is 12.4 Å². The number of aromatic nitrogens is 1. The van der Waals surface area contributed by atoms with Gasteiger partial charge in [-0.1, -0.05) is 0 Å². The molecule has 1 heterocycles. The summed E-state index contributed by atoms with van der Waals surface area (Å²) in [7, 11) is 0. The predicted octanol–water partition coefficient (Wildman–Crippen LogP) is 1.92. The lowest BCUT2D eigenvalue weighted by Crippen LogP contribution is -2.10. The maximum absolute atomic E-state index is 5.50. The summed E-state index contributed by atoms with van der Waals surface area (Å²) in [5.41, 5.74) is 1.11. The third-order valence-electron chi connectivity index (χ3n) is 2.31. The first-order valence-electron chi connectivity index (χ1n) is 5.17. The number of nitrogens with zero attached hydrogens (tertiary/aromatic N) is 1. The largest absolute Gasteiger partial charge is 0.383 e. The number of anilines is 1. The van der Waals surface area contributed by atoms with Gasteiger partial charge in [-0.3, -0.25) is 4.98 Å². The molecule has 0 atom stereocenters. The van der Waals surface area contributed by atoms with Crippen LogP contribution in [0.3, 0.4) is 0 Å². The lowest BCUT2D eigenvalue weighted by Gasteiger charge is -2.06. The first-order valence-corrected chi connectivity index (χ1v) is 5.17. The SMILES string of the molecule is c1cc(NCCOCC2CC2)ccn1. The molecular weight excluding hydrogens is 176 g/mol. The molecule has 1 aromatic rings. The van der Waals surface area contributed by atoms with Gasteiger partial charge in [-0.25, -0.2) is 0 Å². The van der Waals surface area contributed by atoms with Crippen molar-refractivity contribution in [2.45, 2.75) is 12.8 Å². The van der Waals surface area contributed by atoms with Gasteiger partial charge >= 0.3 is 0 Å². The number of ether oxygens (including phenoxy) is 1. The molecule has 0 unspecified atom stereocenters. The van der Waals surface area contributed by atoms with Crippen LogP contribution in [0.4, 0.5) is 5.69 Å². The molecule has 3 nitrogen and oxygen atoms in total. The van der Waals surface area contributed by atoms with Crippen LogP contribution in [0, 0.1) is 5.92 Å². The molecule has 1 aliphatic carbocycles. The average molecular weight is 192 g/mol. The molecule has 1 N–H and O–H groups in total. The molecule has 1 aliphatic rings. The molecule has 0 bridgehead atoms. The molecule has 1 saturated carbocycles. The first kappa shape index (κ1) is 9.46. The number of hydrogen-bond acceptors (Lipinski definition) is 3. The molecule has 3 heteroatoms. The van der Waals surface area contributed by atoms with Crippen molar-refractivity contribution >= 4 is 5.69 Å². The average Bonchev–Trinajstić information content (AvgIpc) is 3.03. The quantitative estimate of drug-likeness (QED) is 0.699. The smallest absolute Gasteiger partial charge is 0.0639 e. The van der Waals surface area contributed by atoms with Crippen molar-refractivity contribution in [1.82, 2.24) is 4.98 Å². The first-order chi connectivity index (χ1) is 6.95. The Balaban J connectivity index is 1.54. The second-order valence-corrected chi connectivity index (χ2v) is 3.68. The Kier molecular flexibility index (Phi) is 3.35. The fourth-order valence-electron chi connectivity index (χ4n) is 1.27. The van der Waals surface area contributed by atoms with Crippen molar-refractivity contribution in [3.05, 3.63) is 24.5 Å². The van der Waals surface area contributed by atoms with Crippen LogP contribution in [0.1, 0.15) is 12.8 Å². The van der Waals surface area contributed by atoms with E-state index in [0.717, 1.165) is 31.4 Å². The van der Waals surface area contributed by atoms with Gasteiger partial charge in [-0.05, 0) is 30.9 Å². The van der Waals surface area contributed by atoms with E-state index in [4.69, 9.17) is 4.74 Å². The molecule has 0 radical (unpaired) electrons. The minimum absolute atomic E-state index is 0.790. The zero-order valence-corrected chi connectivity index (χ0v) is 8.28. The molecule has 1 aromatic heterocycles. The molecular formula is C11H16N2O. The lowest BCUT2D eigenvalue weighted by molar-refractivity contribution is 0.134. The third-order valence-corrected chi connectivity index (χ3v) is 2.31. The van der Waals surface area contributed by atoms with Crippen LogP contribution in [0.2, 0.25) is 0 Å². The Morgan fingerprint density at radius 2 is 2.14 bits per heavy atom. The molecule has 2 rings (SSSR count). The van der Waals surface area contributed by atoms with Crippen molar-refractivity contribution < 1.29 is 4.74 Å². The number of hydrogen-bond donors (Lipinski definition) is 1. The molecule has 0 spiro atoms. The van der Waals surface area contributed by atoms with Crippen molar-refractivity contribution in [1.29, 1.82) is 0 Å². The highest BCUT2D eigenvalue weighted by atomic mass is 16.5. The Hall–Kier alpha value is -1.09. The van der Waals surface area contributed by atoms with Crippen molar-refractivity contribution in [3.63, 3.8) is 0 Å². The summed E-state index contributed by atoms with van der Waals surface area (Å²) in [5.74, 6) is 0.857. The summed E-state index contributed by atoms with van der Waals surface area (Å²) in [6.45, 7) is 2.60. The van der Waals surface area contributed by atoms with Gasteiger partial charge < -0.3 is 10.1 Å². The minimum Gasteiger partial charge on any atom is -0.383 e. The Morgan fingerprint density at radius 1 is 1.36 bits per heavy atom. The van der Waals surface area contributed by atoms with E-state index < -0.39 is 0 Å². The second kappa shape index (κ2) is 4.96. The molecule has 0 saturated heterocycles. The van der Waals surface area contributed by atoms with Crippen LogP contribution < -0.4 is 5.32 Å². The Labute approximate surface area is 84.5 Å². The van der Waals surface area contributed by atoms with E-state index in [1.807, 2.05) is 12.1 Å². The molecule has 1 fully saturated rings. The second-order valence-electron chi connectivity index (χ2n) is 3.68. The Morgan fingerprint density at radius 3 is 2.86 bits per heavy atom. The van der Waals surface area contributed by atoms with Gasteiger partial charge in [0.15, 0.2) is 0 Å². The Bertz CT molecular complexity index is 259. The maximum atomic E-state index is 5.50. The van der Waals surface area contributed by atoms with Crippen LogP contribution in [0.25, 0.3) is 0 Å². The van der Waals surface area contributed by atoms with Gasteiger partial charge in [0.25, 0.3) is 0 Å². The van der Waals surface area contributed by atoms with Crippen LogP contribution in [-0.4, -0.2) is 24.7 Å². The lowest BCUT2D eigenvalue weighted by atomic mass is 10.4. The predicted molar refractivity (Wildman–Crippen MR) is 56.3 cm³/mol. The van der Waals surface area contributed by atoms with Gasteiger partial charge in [-0.2, -0.15) is 0 Å². The summed E-state index contributed by atoms with van der Waals surface area (Å²) in [6.07, 6.45) is 6.29. The van der Waals surface area contributed by atoms with Gasteiger partial charge in [0.1, 0.15) is 0 Å². The third kappa shape index (κ3) is 3.34. The molecule has 14 heavy (non-hydrogen) atoms. The van der Waals surface area contributed by atoms with Crippen molar-refractivity contribution in [3.8, 4) is 0 Å². The minimum atomic E-state index is 0.790. The summed E-state index contributed by atoms with van der Waals surface area (Å²) in [5, 5.41) is 3.27. The summed E-state index contributed by atoms with van der Waals surface area (Å²) >= 11 is 0. The van der Waals surface area contributed by atoms with E-state index in [2.05, 4.69) is 10.3 Å². The maximum Gasteiger partial charge on any atom is 0.0639 e. The monoisotopic (exact) mass is 192 g/mol. The van der Waals surface area contributed by atoms with Gasteiger partial charge in [0.2, 0.25) is 0 Å². The number of pyridine rings is 1. The van der Waals surface area contributed by atoms with Crippen LogP contribution in [0.15, 0.2) is 24.5 Å². The van der Waals surface area contributed by atoms with Crippen LogP contribution >= 0.6 is 0 Å². The topological polar surface area (TPSA) is 34.1 Å². The highest BCUT2D eigenvalue weighted by Gasteiger charge is 2.20. The van der Waals surface area contributed by atoms with E-state index in [0.29, 0.717) is 0 Å². The highest BCUT2D eigenvalue weighted by Crippen LogP contribution is 2.28. The van der Waals surface area contributed by atoms with Gasteiger partial charge in [0, 0.05) is 31.2 Å². The summed E-state index contributed by atoms with van der Waals surface area (Å²) < 4.78 is 5.50. The normalized spacial score (nSPS) is 15.4. The highest BCUT2D eigenvalue weighted by molar-refractivity contribution is 5.40. The van der Waals surface area contributed by atoms with Crippen molar-refractivity contribution in [2.24, 2.45) is 5.92 Å². The molecule has 0 aliphatic heterocycles. The number of nitrogens with one attached hydrogen (secondary N) is 1. The number of rotatable bonds is 6. The molecule has 0 aromatic carbocycles. The molecule has 0 amide bonds. The zero-order chi connectivity index (χ0) is 9.64. The summed E-state index contributed by atoms with van der Waals surface area (Å²) in [4.78, 5) is 3.95. The van der Waals surface area contributed by atoms with Crippen LogP contribution in [-0.2, 0) is 4.74 Å². The van der Waals surface area contributed by atoms with E-state index in [9.17, 15) is 0 Å². The van der Waals surface area contributed by atoms with Gasteiger partial charge in [0.05, 0.1) is 6.61 Å². The molecule has 76 valence electrons. The van der Waals surface area contributed by atoms with E-state index >= 15 is 0 Å². The van der Waals surface area contributed by atoms with Gasteiger partial charge in [-0.15, -0.1) is 0 Å². The summed E-state index contributed by atoms with van der Waals surface area (Å²) in [6, 6.07) is 3.92. The van der Waals surface area contributed by atoms with E-state index in [1.165, 1.54) is 12.8 Å². The van der Waals surface area contributed by atoms with Crippen molar-refractivity contribution in [2.75, 3.05) is 25.1 Å². The van der Waals surface area contributed by atoms with Crippen LogP contribution in [0.5, 0.6) is 0 Å². The zero-order valence-electron chi connectivity index (χ0n) is 8.28. The van der Waals surface area contributed by atoms with E-state index in [-0.39, 0.29) is 0 Å². The fourth-order valence-corrected chi connectivity index (χ4v) is 1.27. The standard InChI is InChI=1S/C11H16N2O/c1-2-10(1)9-14-8-7-13-11-3-5-12-6-4-11/h3-6,10H,1-2,7-9H2,(H,12,13).